The van der Waals surface area contributed by atoms with Crippen molar-refractivity contribution in [3.05, 3.63) is 38.7 Å². The molecule has 4 N–H and O–H groups in total. The van der Waals surface area contributed by atoms with Gasteiger partial charge in [0.25, 0.3) is 0 Å². The summed E-state index contributed by atoms with van der Waals surface area (Å²) >= 11 is 4.71. The van der Waals surface area contributed by atoms with Crippen LogP contribution in [-0.4, -0.2) is 25.8 Å². The van der Waals surface area contributed by atoms with Gasteiger partial charge in [0.05, 0.1) is 0 Å². The van der Waals surface area contributed by atoms with Gasteiger partial charge >= 0.3 is 5.69 Å². The van der Waals surface area contributed by atoms with E-state index in [0.717, 1.165) is 4.90 Å². The first-order valence-electron chi connectivity index (χ1n) is 5.67. The molecule has 0 saturated carbocycles. The molecule has 0 atom stereocenters. The molecule has 20 heavy (non-hydrogen) atoms. The van der Waals surface area contributed by atoms with E-state index in [1.165, 1.54) is 16.3 Å². The van der Waals surface area contributed by atoms with E-state index >= 15 is 0 Å². The number of nitrogens with one attached hydrogen (secondary N) is 1. The number of nitrogens with two attached hydrogens (primary N) is 1. The molecule has 2 rings (SSSR count). The lowest BCUT2D eigenvalue weighted by Crippen LogP contribution is -2.16. The topological polar surface area (TPSA) is 109 Å². The maximum Gasteiger partial charge on any atom is 0.343 e. The highest BCUT2D eigenvalue weighted by atomic mass is 79.9. The fourth-order valence-electron chi connectivity index (χ4n) is 1.59. The average Bonchev–Trinajstić information content (AvgIpc) is 2.78. The van der Waals surface area contributed by atoms with Gasteiger partial charge in [0, 0.05) is 21.5 Å². The normalized spacial score (nSPS) is 11.8. The van der Waals surface area contributed by atoms with Gasteiger partial charge in [0.2, 0.25) is 0 Å². The highest BCUT2D eigenvalue weighted by Crippen LogP contribution is 2.29. The monoisotopic (exact) mass is 357 g/mol. The fraction of sp³-hybridized carbons (Fsp3) is 0.182. The van der Waals surface area contributed by atoms with Crippen LogP contribution < -0.4 is 11.4 Å². The highest BCUT2D eigenvalue weighted by Gasteiger charge is 2.11. The Morgan fingerprint density at radius 3 is 3.00 bits per heavy atom. The molecule has 0 saturated heterocycles. The van der Waals surface area contributed by atoms with Crippen molar-refractivity contribution < 1.29 is 5.21 Å². The van der Waals surface area contributed by atoms with Crippen LogP contribution in [0, 0.1) is 0 Å². The number of hydrogen-bond acceptors (Lipinski definition) is 5. The van der Waals surface area contributed by atoms with Crippen molar-refractivity contribution in [2.24, 2.45) is 10.9 Å². The number of oxime groups is 1. The second kappa shape index (κ2) is 6.14. The zero-order valence-electron chi connectivity index (χ0n) is 10.5. The van der Waals surface area contributed by atoms with Crippen LogP contribution in [0.3, 0.4) is 0 Å². The highest BCUT2D eigenvalue weighted by molar-refractivity contribution is 9.10. The number of H-pyrrole nitrogens is 1. The number of aromatic amines is 1. The lowest BCUT2D eigenvalue weighted by molar-refractivity contribution is 0.318. The summed E-state index contributed by atoms with van der Waals surface area (Å²) in [6.45, 7) is 2.42. The number of halogens is 1. The number of hydrogen-bond donors (Lipinski definition) is 3. The minimum absolute atomic E-state index is 0.0265. The SMILES string of the molecule is CCn1c(Sc2ccc(/C(N)=N/O)c(Br)c2)n[nH]c1=O. The Labute approximate surface area is 127 Å². The van der Waals surface area contributed by atoms with Crippen LogP contribution in [0.4, 0.5) is 0 Å². The molecule has 0 fully saturated rings. The van der Waals surface area contributed by atoms with Crippen molar-refractivity contribution in [2.75, 3.05) is 0 Å². The maximum absolute atomic E-state index is 11.5. The first kappa shape index (κ1) is 14.7. The predicted molar refractivity (Wildman–Crippen MR) is 79.3 cm³/mol. The quantitative estimate of drug-likeness (QED) is 0.333. The third kappa shape index (κ3) is 2.88. The van der Waals surface area contributed by atoms with E-state index in [-0.39, 0.29) is 11.5 Å². The Morgan fingerprint density at radius 2 is 2.40 bits per heavy atom. The van der Waals surface area contributed by atoms with E-state index in [1.807, 2.05) is 19.1 Å². The summed E-state index contributed by atoms with van der Waals surface area (Å²) in [6.07, 6.45) is 0. The van der Waals surface area contributed by atoms with Gasteiger partial charge in [0.1, 0.15) is 0 Å². The van der Waals surface area contributed by atoms with Crippen LogP contribution in [0.2, 0.25) is 0 Å². The zero-order valence-corrected chi connectivity index (χ0v) is 12.9. The van der Waals surface area contributed by atoms with Crippen molar-refractivity contribution in [1.29, 1.82) is 0 Å². The second-order valence-corrected chi connectivity index (χ2v) is 5.68. The van der Waals surface area contributed by atoms with Crippen LogP contribution in [0.15, 0.2) is 42.7 Å². The molecule has 0 bridgehead atoms. The largest absolute Gasteiger partial charge is 0.409 e. The van der Waals surface area contributed by atoms with Gasteiger partial charge in [-0.2, -0.15) is 0 Å². The smallest absolute Gasteiger partial charge is 0.343 e. The summed E-state index contributed by atoms with van der Waals surface area (Å²) < 4.78 is 2.23. The standard InChI is InChI=1S/C11H12BrN5O2S/c1-2-17-10(18)14-15-11(17)20-6-3-4-7(8(12)5-6)9(13)16-19/h3-5,19H,2H2,1H3,(H2,13,16)(H,14,18). The third-order valence-electron chi connectivity index (χ3n) is 2.57. The molecule has 0 aliphatic carbocycles. The molecular formula is C11H12BrN5O2S. The van der Waals surface area contributed by atoms with Crippen LogP contribution in [0.5, 0.6) is 0 Å². The van der Waals surface area contributed by atoms with Gasteiger partial charge in [-0.3, -0.25) is 4.57 Å². The minimum Gasteiger partial charge on any atom is -0.409 e. The Morgan fingerprint density at radius 1 is 1.65 bits per heavy atom. The van der Waals surface area contributed by atoms with Crippen molar-refractivity contribution in [3.8, 4) is 0 Å². The minimum atomic E-state index is -0.234. The number of benzene rings is 1. The van der Waals surface area contributed by atoms with Crippen molar-refractivity contribution >= 4 is 33.5 Å². The first-order valence-corrected chi connectivity index (χ1v) is 7.28. The predicted octanol–water partition coefficient (Wildman–Crippen LogP) is 1.60. The molecule has 7 nitrogen and oxygen atoms in total. The molecule has 1 aromatic heterocycles. The Balaban J connectivity index is 2.31. The van der Waals surface area contributed by atoms with Gasteiger partial charge in [0.15, 0.2) is 11.0 Å². The summed E-state index contributed by atoms with van der Waals surface area (Å²) in [6, 6.07) is 5.35. The lowest BCUT2D eigenvalue weighted by atomic mass is 10.2. The van der Waals surface area contributed by atoms with E-state index < -0.39 is 0 Å². The molecule has 106 valence electrons. The Bertz CT molecular complexity index is 709. The summed E-state index contributed by atoms with van der Waals surface area (Å²) in [7, 11) is 0. The van der Waals surface area contributed by atoms with Gasteiger partial charge in [-0.15, -0.1) is 5.10 Å². The molecule has 0 aliphatic rings. The van der Waals surface area contributed by atoms with E-state index in [0.29, 0.717) is 21.7 Å². The van der Waals surface area contributed by atoms with Crippen LogP contribution in [0.1, 0.15) is 12.5 Å². The van der Waals surface area contributed by atoms with Gasteiger partial charge in [-0.05, 0) is 52.8 Å². The Hall–Kier alpha value is -1.74. The molecule has 0 unspecified atom stereocenters. The molecule has 1 heterocycles. The molecule has 0 spiro atoms. The summed E-state index contributed by atoms with van der Waals surface area (Å²) in [4.78, 5) is 12.3. The van der Waals surface area contributed by atoms with Gasteiger partial charge < -0.3 is 10.9 Å². The maximum atomic E-state index is 11.5. The molecular weight excluding hydrogens is 346 g/mol. The van der Waals surface area contributed by atoms with Crippen molar-refractivity contribution in [3.63, 3.8) is 0 Å². The molecule has 1 aromatic carbocycles. The number of aromatic nitrogens is 3. The summed E-state index contributed by atoms with van der Waals surface area (Å²) in [5.41, 5.74) is 5.90. The molecule has 0 aliphatic heterocycles. The van der Waals surface area contributed by atoms with E-state index in [1.54, 1.807) is 6.07 Å². The summed E-state index contributed by atoms with van der Waals surface area (Å²) in [5, 5.41) is 18.6. The molecule has 2 aromatic rings. The first-order chi connectivity index (χ1) is 9.56. The second-order valence-electron chi connectivity index (χ2n) is 3.78. The van der Waals surface area contributed by atoms with E-state index in [9.17, 15) is 4.79 Å². The van der Waals surface area contributed by atoms with Crippen molar-refractivity contribution in [2.45, 2.75) is 23.5 Å². The van der Waals surface area contributed by atoms with Crippen molar-refractivity contribution in [1.82, 2.24) is 14.8 Å². The zero-order chi connectivity index (χ0) is 14.7. The number of rotatable bonds is 4. The Kier molecular flexibility index (Phi) is 4.50. The van der Waals surface area contributed by atoms with Crippen LogP contribution in [-0.2, 0) is 6.54 Å². The lowest BCUT2D eigenvalue weighted by Gasteiger charge is -2.06. The van der Waals surface area contributed by atoms with Crippen LogP contribution >= 0.6 is 27.7 Å². The van der Waals surface area contributed by atoms with E-state index in [4.69, 9.17) is 10.9 Å². The molecule has 0 radical (unpaired) electrons. The fourth-order valence-corrected chi connectivity index (χ4v) is 3.26. The van der Waals surface area contributed by atoms with E-state index in [2.05, 4.69) is 31.3 Å². The van der Waals surface area contributed by atoms with Gasteiger partial charge in [-0.25, -0.2) is 9.89 Å². The number of amidine groups is 1. The van der Waals surface area contributed by atoms with Crippen LogP contribution in [0.25, 0.3) is 0 Å². The third-order valence-corrected chi connectivity index (χ3v) is 4.21. The number of nitrogens with zero attached hydrogens (tertiary/aromatic N) is 3. The average molecular weight is 358 g/mol. The molecule has 9 heteroatoms. The van der Waals surface area contributed by atoms with Gasteiger partial charge in [-0.1, -0.05) is 5.16 Å². The summed E-state index contributed by atoms with van der Waals surface area (Å²) in [5.74, 6) is 0.0265. The molecule has 0 amide bonds.